The average Bonchev–Trinajstić information content (AvgIpc) is 2.55. The fourth-order valence-corrected chi connectivity index (χ4v) is 3.39. The van der Waals surface area contributed by atoms with Gasteiger partial charge in [0, 0.05) is 6.42 Å². The maximum atomic E-state index is 12.0. The monoisotopic (exact) mass is 322 g/mol. The van der Waals surface area contributed by atoms with E-state index in [9.17, 15) is 9.90 Å². The van der Waals surface area contributed by atoms with Crippen LogP contribution in [0.15, 0.2) is 12.2 Å². The lowest BCUT2D eigenvalue weighted by Crippen LogP contribution is -2.27. The Morgan fingerprint density at radius 2 is 1.26 bits per heavy atom. The zero-order valence-corrected chi connectivity index (χ0v) is 15.3. The van der Waals surface area contributed by atoms with Crippen LogP contribution in [0.5, 0.6) is 0 Å². The number of aliphatic hydroxyl groups excluding tert-OH is 1. The maximum absolute atomic E-state index is 12.0. The summed E-state index contributed by atoms with van der Waals surface area (Å²) in [6.45, 7) is 2.03. The van der Waals surface area contributed by atoms with E-state index in [1.807, 2.05) is 6.92 Å². The van der Waals surface area contributed by atoms with Crippen LogP contribution < -0.4 is 0 Å². The number of Topliss-reactive ketones (excluding diaryl/α,β-unsaturated/α-hetero) is 1. The molecule has 0 fully saturated rings. The van der Waals surface area contributed by atoms with Gasteiger partial charge in [0.15, 0.2) is 5.78 Å². The Morgan fingerprint density at radius 1 is 0.783 bits per heavy atom. The summed E-state index contributed by atoms with van der Waals surface area (Å²) in [5, 5.41) is 10.2. The number of hydrogen-bond donors (Lipinski definition) is 1. The number of aliphatic hydroxyl groups is 1. The van der Waals surface area contributed by atoms with Crippen molar-refractivity contribution < 1.29 is 9.90 Å². The molecule has 23 heavy (non-hydrogen) atoms. The van der Waals surface area contributed by atoms with Crippen molar-refractivity contribution in [1.82, 2.24) is 0 Å². The third-order valence-corrected chi connectivity index (χ3v) is 5.11. The van der Waals surface area contributed by atoms with E-state index in [-0.39, 0.29) is 11.7 Å². The molecule has 2 unspecified atom stereocenters. The minimum atomic E-state index is -0.731. The molecule has 0 saturated carbocycles. The zero-order valence-electron chi connectivity index (χ0n) is 15.3. The predicted octanol–water partition coefficient (Wildman–Crippen LogP) is 5.97. The lowest BCUT2D eigenvalue weighted by molar-refractivity contribution is -0.129. The van der Waals surface area contributed by atoms with Gasteiger partial charge in [-0.2, -0.15) is 0 Å². The van der Waals surface area contributed by atoms with E-state index in [1.54, 1.807) is 0 Å². The molecule has 0 aromatic carbocycles. The van der Waals surface area contributed by atoms with Crippen LogP contribution in [0.3, 0.4) is 0 Å². The molecule has 0 aromatic rings. The molecule has 1 aliphatic carbocycles. The molecule has 2 nitrogen and oxygen atoms in total. The highest BCUT2D eigenvalue weighted by molar-refractivity contribution is 5.82. The second-order valence-electron chi connectivity index (χ2n) is 7.36. The van der Waals surface area contributed by atoms with Gasteiger partial charge in [0.1, 0.15) is 6.10 Å². The molecule has 0 bridgehead atoms. The molecule has 1 N–H and O–H groups in total. The van der Waals surface area contributed by atoms with Gasteiger partial charge in [0.2, 0.25) is 0 Å². The van der Waals surface area contributed by atoms with Crippen LogP contribution in [-0.4, -0.2) is 17.0 Å². The van der Waals surface area contributed by atoms with Crippen LogP contribution in [0, 0.1) is 5.92 Å². The van der Waals surface area contributed by atoms with Crippen molar-refractivity contribution in [3.8, 4) is 0 Å². The van der Waals surface area contributed by atoms with Crippen LogP contribution in [0.1, 0.15) is 103 Å². The van der Waals surface area contributed by atoms with Crippen molar-refractivity contribution in [1.29, 1.82) is 0 Å². The average molecular weight is 323 g/mol. The van der Waals surface area contributed by atoms with Crippen molar-refractivity contribution in [2.75, 3.05) is 0 Å². The second-order valence-corrected chi connectivity index (χ2v) is 7.36. The van der Waals surface area contributed by atoms with E-state index in [4.69, 9.17) is 0 Å². The summed E-state index contributed by atoms with van der Waals surface area (Å²) >= 11 is 0. The van der Waals surface area contributed by atoms with Crippen LogP contribution >= 0.6 is 0 Å². The quantitative estimate of drug-likeness (QED) is 0.557. The van der Waals surface area contributed by atoms with Crippen molar-refractivity contribution >= 4 is 5.78 Å². The molecule has 2 atom stereocenters. The normalized spacial score (nSPS) is 29.7. The van der Waals surface area contributed by atoms with Gasteiger partial charge < -0.3 is 5.11 Å². The summed E-state index contributed by atoms with van der Waals surface area (Å²) in [6.07, 6.45) is 21.4. The number of ketones is 1. The molecule has 0 amide bonds. The summed E-state index contributed by atoms with van der Waals surface area (Å²) in [4.78, 5) is 12.0. The summed E-state index contributed by atoms with van der Waals surface area (Å²) in [5.41, 5.74) is 0. The molecule has 134 valence electrons. The standard InChI is InChI=1S/C21H38O2/c1-19-17-15-13-11-9-7-5-3-2-4-6-8-10-12-14-16-18-20(22)21(19)23/h2-3,19,21,23H,4-18H2,1H3/b3-2-. The van der Waals surface area contributed by atoms with Crippen molar-refractivity contribution in [3.63, 3.8) is 0 Å². The molecule has 0 aromatic heterocycles. The molecule has 0 radical (unpaired) electrons. The SMILES string of the molecule is CC1CCCCCCC/C=C\CCCCCCCCC(=O)C1O. The lowest BCUT2D eigenvalue weighted by atomic mass is 9.92. The van der Waals surface area contributed by atoms with Gasteiger partial charge in [-0.15, -0.1) is 0 Å². The fraction of sp³-hybridized carbons (Fsp3) is 0.857. The largest absolute Gasteiger partial charge is 0.385 e. The summed E-state index contributed by atoms with van der Waals surface area (Å²) in [6, 6.07) is 0. The molecule has 0 heterocycles. The summed E-state index contributed by atoms with van der Waals surface area (Å²) in [5.74, 6) is 0.188. The predicted molar refractivity (Wildman–Crippen MR) is 98.6 cm³/mol. The van der Waals surface area contributed by atoms with Crippen LogP contribution in [0.2, 0.25) is 0 Å². The third kappa shape index (κ3) is 10.7. The first-order chi connectivity index (χ1) is 11.2. The molecule has 1 aliphatic rings. The summed E-state index contributed by atoms with van der Waals surface area (Å²) in [7, 11) is 0. The molecular formula is C21H38O2. The Bertz CT molecular complexity index is 322. The first-order valence-electron chi connectivity index (χ1n) is 10.1. The first kappa shape index (κ1) is 20.4. The van der Waals surface area contributed by atoms with Gasteiger partial charge in [0.05, 0.1) is 0 Å². The summed E-state index contributed by atoms with van der Waals surface area (Å²) < 4.78 is 0. The van der Waals surface area contributed by atoms with Gasteiger partial charge in [-0.1, -0.05) is 70.4 Å². The minimum absolute atomic E-state index is 0.0667. The smallest absolute Gasteiger partial charge is 0.161 e. The van der Waals surface area contributed by atoms with Crippen molar-refractivity contribution in [2.45, 2.75) is 109 Å². The van der Waals surface area contributed by atoms with Gasteiger partial charge in [-0.3, -0.25) is 4.79 Å². The maximum Gasteiger partial charge on any atom is 0.161 e. The Labute approximate surface area is 143 Å². The van der Waals surface area contributed by atoms with Gasteiger partial charge in [0.25, 0.3) is 0 Å². The van der Waals surface area contributed by atoms with Crippen LogP contribution in [-0.2, 0) is 4.79 Å². The Balaban J connectivity index is 2.32. The van der Waals surface area contributed by atoms with E-state index in [2.05, 4.69) is 12.2 Å². The van der Waals surface area contributed by atoms with Crippen LogP contribution in [0.25, 0.3) is 0 Å². The van der Waals surface area contributed by atoms with E-state index in [1.165, 1.54) is 64.2 Å². The van der Waals surface area contributed by atoms with E-state index < -0.39 is 6.10 Å². The van der Waals surface area contributed by atoms with E-state index in [0.717, 1.165) is 25.7 Å². The molecule has 0 spiro atoms. The first-order valence-corrected chi connectivity index (χ1v) is 10.1. The number of allylic oxidation sites excluding steroid dienone is 2. The highest BCUT2D eigenvalue weighted by Crippen LogP contribution is 2.18. The molecule has 2 heteroatoms. The molecular weight excluding hydrogens is 284 g/mol. The van der Waals surface area contributed by atoms with E-state index >= 15 is 0 Å². The minimum Gasteiger partial charge on any atom is -0.385 e. The van der Waals surface area contributed by atoms with Gasteiger partial charge in [-0.25, -0.2) is 0 Å². The van der Waals surface area contributed by atoms with Gasteiger partial charge >= 0.3 is 0 Å². The number of rotatable bonds is 0. The highest BCUT2D eigenvalue weighted by atomic mass is 16.3. The topological polar surface area (TPSA) is 37.3 Å². The molecule has 0 saturated heterocycles. The number of carbonyl (C=O) groups excluding carboxylic acids is 1. The Hall–Kier alpha value is -0.630. The Morgan fingerprint density at radius 3 is 1.87 bits per heavy atom. The van der Waals surface area contributed by atoms with Gasteiger partial charge in [-0.05, 0) is 44.4 Å². The van der Waals surface area contributed by atoms with Crippen molar-refractivity contribution in [3.05, 3.63) is 12.2 Å². The van der Waals surface area contributed by atoms with Crippen molar-refractivity contribution in [2.24, 2.45) is 5.92 Å². The molecule has 1 rings (SSSR count). The molecule has 0 aliphatic heterocycles. The lowest BCUT2D eigenvalue weighted by Gasteiger charge is -2.17. The Kier molecular flexibility index (Phi) is 12.2. The number of carbonyl (C=O) groups is 1. The van der Waals surface area contributed by atoms with E-state index in [0.29, 0.717) is 6.42 Å². The van der Waals surface area contributed by atoms with Crippen LogP contribution in [0.4, 0.5) is 0 Å². The third-order valence-electron chi connectivity index (χ3n) is 5.11. The fourth-order valence-electron chi connectivity index (χ4n) is 3.39. The number of hydrogen-bond acceptors (Lipinski definition) is 2. The second kappa shape index (κ2) is 13.8. The zero-order chi connectivity index (χ0) is 16.8. The highest BCUT2D eigenvalue weighted by Gasteiger charge is 2.21.